The summed E-state index contributed by atoms with van der Waals surface area (Å²) in [5.74, 6) is 0.126. The van der Waals surface area contributed by atoms with E-state index >= 15 is 0 Å². The van der Waals surface area contributed by atoms with Gasteiger partial charge in [-0.15, -0.1) is 0 Å². The zero-order valence-corrected chi connectivity index (χ0v) is 7.90. The average Bonchev–Trinajstić information content (AvgIpc) is 2.03. The summed E-state index contributed by atoms with van der Waals surface area (Å²) >= 11 is 0. The first-order chi connectivity index (χ1) is 5.95. The molecule has 0 saturated heterocycles. The van der Waals surface area contributed by atoms with Crippen LogP contribution in [0.25, 0.3) is 0 Å². The zero-order valence-electron chi connectivity index (χ0n) is 7.90. The van der Waals surface area contributed by atoms with Crippen LogP contribution in [-0.4, -0.2) is 21.4 Å². The highest BCUT2D eigenvalue weighted by Crippen LogP contribution is 2.27. The third kappa shape index (κ3) is 2.02. The van der Waals surface area contributed by atoms with Gasteiger partial charge in [0.15, 0.2) is 17.9 Å². The van der Waals surface area contributed by atoms with Gasteiger partial charge in [0.25, 0.3) is 0 Å². The average molecular weight is 180 g/mol. The van der Waals surface area contributed by atoms with Crippen molar-refractivity contribution in [3.05, 3.63) is 17.7 Å². The maximum Gasteiger partial charge on any atom is 0.193 e. The van der Waals surface area contributed by atoms with E-state index in [-0.39, 0.29) is 17.0 Å². The molecule has 1 N–H and O–H groups in total. The molecule has 0 amide bonds. The van der Waals surface area contributed by atoms with Gasteiger partial charge in [0.2, 0.25) is 0 Å². The fraction of sp³-hybridized carbons (Fsp3) is 0.444. The number of aromatic hydroxyl groups is 1. The van der Waals surface area contributed by atoms with Crippen LogP contribution in [0, 0.1) is 0 Å². The molecule has 0 aliphatic heterocycles. The van der Waals surface area contributed by atoms with Gasteiger partial charge >= 0.3 is 0 Å². The summed E-state index contributed by atoms with van der Waals surface area (Å²) in [4.78, 5) is 18.0. The van der Waals surface area contributed by atoms with Crippen molar-refractivity contribution in [1.29, 1.82) is 0 Å². The van der Waals surface area contributed by atoms with Crippen LogP contribution in [0.3, 0.4) is 0 Å². The molecule has 0 bridgehead atoms. The van der Waals surface area contributed by atoms with Crippen LogP contribution in [0.15, 0.2) is 6.20 Å². The number of carbonyl (C=O) groups excluding carboxylic acids is 1. The van der Waals surface area contributed by atoms with Crippen molar-refractivity contribution in [2.45, 2.75) is 26.2 Å². The minimum absolute atomic E-state index is 0.0260. The Morgan fingerprint density at radius 2 is 2.08 bits per heavy atom. The van der Waals surface area contributed by atoms with Crippen molar-refractivity contribution in [2.24, 2.45) is 0 Å². The number of nitrogens with zero attached hydrogens (tertiary/aromatic N) is 2. The molecule has 0 saturated carbocycles. The van der Waals surface area contributed by atoms with E-state index in [1.807, 2.05) is 20.8 Å². The van der Waals surface area contributed by atoms with Gasteiger partial charge in [-0.2, -0.15) is 0 Å². The highest BCUT2D eigenvalue weighted by molar-refractivity contribution is 5.68. The van der Waals surface area contributed by atoms with Gasteiger partial charge in [0.1, 0.15) is 0 Å². The van der Waals surface area contributed by atoms with Crippen LogP contribution in [0.1, 0.15) is 37.1 Å². The zero-order chi connectivity index (χ0) is 10.1. The third-order valence-electron chi connectivity index (χ3n) is 1.60. The lowest BCUT2D eigenvalue weighted by Crippen LogP contribution is -2.15. The van der Waals surface area contributed by atoms with E-state index in [0.29, 0.717) is 12.0 Å². The molecule has 0 unspecified atom stereocenters. The molecular formula is C9H12N2O2. The molecule has 0 aliphatic carbocycles. The molecule has 4 nitrogen and oxygen atoms in total. The molecule has 0 radical (unpaired) electrons. The summed E-state index contributed by atoms with van der Waals surface area (Å²) in [6.07, 6.45) is 1.81. The first-order valence-corrected chi connectivity index (χ1v) is 3.97. The molecule has 0 aliphatic rings. The SMILES string of the molecule is CC(C)(C)c1nc(C=O)ncc1O. The number of carbonyl (C=O) groups is 1. The van der Waals surface area contributed by atoms with Crippen LogP contribution in [-0.2, 0) is 5.41 Å². The minimum atomic E-state index is -0.287. The fourth-order valence-corrected chi connectivity index (χ4v) is 0.998. The molecule has 1 rings (SSSR count). The van der Waals surface area contributed by atoms with Crippen LogP contribution in [0.5, 0.6) is 5.75 Å². The number of aldehydes is 1. The first kappa shape index (κ1) is 9.64. The second-order valence-electron chi connectivity index (χ2n) is 3.83. The summed E-state index contributed by atoms with van der Waals surface area (Å²) in [5, 5.41) is 9.43. The molecule has 13 heavy (non-hydrogen) atoms. The Morgan fingerprint density at radius 1 is 1.46 bits per heavy atom. The molecule has 70 valence electrons. The predicted molar refractivity (Wildman–Crippen MR) is 47.8 cm³/mol. The smallest absolute Gasteiger partial charge is 0.193 e. The molecule has 0 atom stereocenters. The van der Waals surface area contributed by atoms with Gasteiger partial charge in [-0.3, -0.25) is 4.79 Å². The third-order valence-corrected chi connectivity index (χ3v) is 1.60. The van der Waals surface area contributed by atoms with Crippen LogP contribution in [0.4, 0.5) is 0 Å². The van der Waals surface area contributed by atoms with Gasteiger partial charge < -0.3 is 5.11 Å². The van der Waals surface area contributed by atoms with Crippen molar-refractivity contribution in [1.82, 2.24) is 9.97 Å². The molecule has 1 aromatic rings. The Labute approximate surface area is 76.7 Å². The number of rotatable bonds is 1. The van der Waals surface area contributed by atoms with E-state index in [4.69, 9.17) is 0 Å². The molecule has 0 fully saturated rings. The van der Waals surface area contributed by atoms with E-state index in [1.165, 1.54) is 6.20 Å². The van der Waals surface area contributed by atoms with Crippen molar-refractivity contribution in [3.8, 4) is 5.75 Å². The molecule has 1 aromatic heterocycles. The molecule has 1 heterocycles. The van der Waals surface area contributed by atoms with Crippen LogP contribution >= 0.6 is 0 Å². The Morgan fingerprint density at radius 3 is 2.54 bits per heavy atom. The minimum Gasteiger partial charge on any atom is -0.504 e. The quantitative estimate of drug-likeness (QED) is 0.661. The first-order valence-electron chi connectivity index (χ1n) is 3.97. The van der Waals surface area contributed by atoms with Gasteiger partial charge in [0, 0.05) is 5.41 Å². The van der Waals surface area contributed by atoms with Gasteiger partial charge in [0.05, 0.1) is 11.9 Å². The summed E-state index contributed by atoms with van der Waals surface area (Å²) in [5.41, 5.74) is 0.203. The van der Waals surface area contributed by atoms with E-state index in [9.17, 15) is 9.90 Å². The summed E-state index contributed by atoms with van der Waals surface area (Å²) in [6.45, 7) is 5.72. The van der Waals surface area contributed by atoms with Crippen LogP contribution < -0.4 is 0 Å². The van der Waals surface area contributed by atoms with Gasteiger partial charge in [-0.1, -0.05) is 20.8 Å². The maximum absolute atomic E-state index is 10.4. The Balaban J connectivity index is 3.27. The molecular weight excluding hydrogens is 168 g/mol. The van der Waals surface area contributed by atoms with E-state index in [1.54, 1.807) is 0 Å². The number of aromatic nitrogens is 2. The second kappa shape index (κ2) is 3.12. The maximum atomic E-state index is 10.4. The largest absolute Gasteiger partial charge is 0.504 e. The van der Waals surface area contributed by atoms with Crippen molar-refractivity contribution < 1.29 is 9.90 Å². The Hall–Kier alpha value is -1.45. The summed E-state index contributed by atoms with van der Waals surface area (Å²) in [6, 6.07) is 0. The topological polar surface area (TPSA) is 63.1 Å². The van der Waals surface area contributed by atoms with Crippen LogP contribution in [0.2, 0.25) is 0 Å². The summed E-state index contributed by atoms with van der Waals surface area (Å²) in [7, 11) is 0. The fourth-order valence-electron chi connectivity index (χ4n) is 0.998. The lowest BCUT2D eigenvalue weighted by molar-refractivity contribution is 0.111. The van der Waals surface area contributed by atoms with Crippen molar-refractivity contribution >= 4 is 6.29 Å². The highest BCUT2D eigenvalue weighted by Gasteiger charge is 2.20. The van der Waals surface area contributed by atoms with Gasteiger partial charge in [-0.05, 0) is 0 Å². The Kier molecular flexibility index (Phi) is 2.32. The van der Waals surface area contributed by atoms with Crippen molar-refractivity contribution in [3.63, 3.8) is 0 Å². The van der Waals surface area contributed by atoms with E-state index < -0.39 is 0 Å². The van der Waals surface area contributed by atoms with E-state index in [0.717, 1.165) is 0 Å². The Bertz CT molecular complexity index is 329. The highest BCUT2D eigenvalue weighted by atomic mass is 16.3. The second-order valence-corrected chi connectivity index (χ2v) is 3.83. The van der Waals surface area contributed by atoms with Crippen molar-refractivity contribution in [2.75, 3.05) is 0 Å². The van der Waals surface area contributed by atoms with E-state index in [2.05, 4.69) is 9.97 Å². The monoisotopic (exact) mass is 180 g/mol. The molecule has 0 spiro atoms. The van der Waals surface area contributed by atoms with Gasteiger partial charge in [-0.25, -0.2) is 9.97 Å². The molecule has 4 heteroatoms. The normalized spacial score (nSPS) is 11.3. The lowest BCUT2D eigenvalue weighted by Gasteiger charge is -2.18. The molecule has 0 aromatic carbocycles. The summed E-state index contributed by atoms with van der Waals surface area (Å²) < 4.78 is 0. The number of hydrogen-bond donors (Lipinski definition) is 1. The number of hydrogen-bond acceptors (Lipinski definition) is 4. The predicted octanol–water partition coefficient (Wildman–Crippen LogP) is 1.29. The standard InChI is InChI=1S/C9H12N2O2/c1-9(2,3)8-6(13)4-10-7(5-12)11-8/h4-5,13H,1-3H3. The lowest BCUT2D eigenvalue weighted by atomic mass is 9.91.